The molecule has 0 amide bonds. The molecule has 0 saturated carbocycles. The average Bonchev–Trinajstić information content (AvgIpc) is 2.04. The Balaban J connectivity index is 3.44. The molecular weight excluding hydrogens is 255 g/mol. The van der Waals surface area contributed by atoms with Gasteiger partial charge in [-0.3, -0.25) is 9.59 Å². The number of rotatable bonds is 2. The summed E-state index contributed by atoms with van der Waals surface area (Å²) in [6, 6.07) is 3.12. The van der Waals surface area contributed by atoms with Crippen LogP contribution in [0.3, 0.4) is 0 Å². The van der Waals surface area contributed by atoms with Crippen molar-refractivity contribution in [3.8, 4) is 0 Å². The molecule has 0 saturated heterocycles. The molecule has 0 aromatic heterocycles. The first-order valence-corrected chi connectivity index (χ1v) is 4.69. The molecule has 1 aromatic carbocycles. The van der Waals surface area contributed by atoms with Crippen molar-refractivity contribution in [3.63, 3.8) is 0 Å². The second-order valence-corrected chi connectivity index (χ2v) is 3.70. The van der Waals surface area contributed by atoms with E-state index >= 15 is 0 Å². The summed E-state index contributed by atoms with van der Waals surface area (Å²) in [6.07, 6.45) is 0.624. The largest absolute Gasteiger partial charge is 0.298 e. The highest BCUT2D eigenvalue weighted by molar-refractivity contribution is 9.10. The van der Waals surface area contributed by atoms with Gasteiger partial charge in [-0.2, -0.15) is 0 Å². The molecule has 0 spiro atoms. The molecule has 0 bridgehead atoms. The van der Waals surface area contributed by atoms with E-state index in [0.717, 1.165) is 0 Å². The van der Waals surface area contributed by atoms with E-state index in [9.17, 15) is 9.59 Å². The Kier molecular flexibility index (Phi) is 3.22. The van der Waals surface area contributed by atoms with Crippen molar-refractivity contribution in [2.75, 3.05) is 0 Å². The Hall–Kier alpha value is -0.670. The highest BCUT2D eigenvalue weighted by Gasteiger charge is 2.11. The topological polar surface area (TPSA) is 34.1 Å². The van der Waals surface area contributed by atoms with E-state index in [-0.39, 0.29) is 5.78 Å². The van der Waals surface area contributed by atoms with Crippen LogP contribution >= 0.6 is 27.5 Å². The zero-order valence-electron chi connectivity index (χ0n) is 6.80. The van der Waals surface area contributed by atoms with Gasteiger partial charge in [0.15, 0.2) is 12.1 Å². The van der Waals surface area contributed by atoms with Gasteiger partial charge in [0.2, 0.25) is 0 Å². The Morgan fingerprint density at radius 1 is 1.54 bits per heavy atom. The van der Waals surface area contributed by atoms with E-state index in [1.165, 1.54) is 13.0 Å². The monoisotopic (exact) mass is 260 g/mol. The number of benzene rings is 1. The standard InChI is InChI=1S/C9H6BrClO2/c1-5(13)6-2-3-8(11)7(4-12)9(6)10/h2-4H,1H3. The number of carbonyl (C=O) groups excluding carboxylic acids is 2. The summed E-state index contributed by atoms with van der Waals surface area (Å²) in [5.74, 6) is -0.105. The number of halogens is 2. The molecule has 0 aliphatic rings. The number of hydrogen-bond donors (Lipinski definition) is 0. The maximum atomic E-state index is 11.1. The number of hydrogen-bond acceptors (Lipinski definition) is 2. The van der Waals surface area contributed by atoms with Gasteiger partial charge >= 0.3 is 0 Å². The lowest BCUT2D eigenvalue weighted by Gasteiger charge is -2.03. The molecule has 0 unspecified atom stereocenters. The number of ketones is 1. The average molecular weight is 262 g/mol. The molecule has 0 heterocycles. The summed E-state index contributed by atoms with van der Waals surface area (Å²) >= 11 is 8.89. The van der Waals surface area contributed by atoms with Crippen LogP contribution in [0.1, 0.15) is 27.6 Å². The van der Waals surface area contributed by atoms with Gasteiger partial charge in [0.1, 0.15) is 0 Å². The number of aldehydes is 1. The SMILES string of the molecule is CC(=O)c1ccc(Cl)c(C=O)c1Br. The maximum absolute atomic E-state index is 11.1. The Bertz CT molecular complexity index is 374. The highest BCUT2D eigenvalue weighted by Crippen LogP contribution is 2.27. The van der Waals surface area contributed by atoms with Crippen LogP contribution in [0.2, 0.25) is 5.02 Å². The number of carbonyl (C=O) groups is 2. The van der Waals surface area contributed by atoms with Crippen LogP contribution < -0.4 is 0 Å². The molecule has 2 nitrogen and oxygen atoms in total. The highest BCUT2D eigenvalue weighted by atomic mass is 79.9. The van der Waals surface area contributed by atoms with Crippen LogP contribution in [0.15, 0.2) is 16.6 Å². The van der Waals surface area contributed by atoms with Crippen LogP contribution in [0.25, 0.3) is 0 Å². The minimum Gasteiger partial charge on any atom is -0.298 e. The Labute approximate surface area is 89.0 Å². The first-order valence-electron chi connectivity index (χ1n) is 3.52. The molecular formula is C9H6BrClO2. The Morgan fingerprint density at radius 3 is 2.62 bits per heavy atom. The fourth-order valence-corrected chi connectivity index (χ4v) is 1.98. The predicted molar refractivity (Wildman–Crippen MR) is 54.5 cm³/mol. The van der Waals surface area contributed by atoms with Crippen molar-refractivity contribution >= 4 is 39.6 Å². The van der Waals surface area contributed by atoms with Crippen LogP contribution in [0.5, 0.6) is 0 Å². The van der Waals surface area contributed by atoms with Gasteiger partial charge in [-0.15, -0.1) is 0 Å². The van der Waals surface area contributed by atoms with Crippen molar-refractivity contribution in [2.45, 2.75) is 6.92 Å². The third kappa shape index (κ3) is 1.98. The lowest BCUT2D eigenvalue weighted by molar-refractivity contribution is 0.101. The summed E-state index contributed by atoms with van der Waals surface area (Å²) in [4.78, 5) is 21.7. The van der Waals surface area contributed by atoms with E-state index in [4.69, 9.17) is 11.6 Å². The summed E-state index contributed by atoms with van der Waals surface area (Å²) in [5, 5.41) is 0.340. The molecule has 0 aliphatic carbocycles. The molecule has 68 valence electrons. The van der Waals surface area contributed by atoms with Crippen molar-refractivity contribution in [3.05, 3.63) is 32.8 Å². The third-order valence-corrected chi connectivity index (χ3v) is 2.81. The molecule has 1 aromatic rings. The van der Waals surface area contributed by atoms with Crippen LogP contribution in [-0.4, -0.2) is 12.1 Å². The molecule has 13 heavy (non-hydrogen) atoms. The van der Waals surface area contributed by atoms with E-state index < -0.39 is 0 Å². The molecule has 0 N–H and O–H groups in total. The first-order chi connectivity index (χ1) is 6.07. The van der Waals surface area contributed by atoms with E-state index in [1.807, 2.05) is 0 Å². The Morgan fingerprint density at radius 2 is 2.15 bits per heavy atom. The summed E-state index contributed by atoms with van der Waals surface area (Å²) in [6.45, 7) is 1.43. The fourth-order valence-electron chi connectivity index (χ4n) is 0.949. The van der Waals surface area contributed by atoms with E-state index in [2.05, 4.69) is 15.9 Å². The smallest absolute Gasteiger partial charge is 0.160 e. The quantitative estimate of drug-likeness (QED) is 0.605. The van der Waals surface area contributed by atoms with Gasteiger partial charge in [-0.1, -0.05) is 11.6 Å². The minimum absolute atomic E-state index is 0.105. The van der Waals surface area contributed by atoms with Crippen molar-refractivity contribution < 1.29 is 9.59 Å². The van der Waals surface area contributed by atoms with Crippen molar-refractivity contribution in [1.82, 2.24) is 0 Å². The molecule has 0 radical (unpaired) electrons. The van der Waals surface area contributed by atoms with E-state index in [1.54, 1.807) is 6.07 Å². The maximum Gasteiger partial charge on any atom is 0.160 e. The lowest BCUT2D eigenvalue weighted by Crippen LogP contribution is -1.97. The van der Waals surface area contributed by atoms with Crippen LogP contribution in [-0.2, 0) is 0 Å². The van der Waals surface area contributed by atoms with Crippen LogP contribution in [0.4, 0.5) is 0 Å². The van der Waals surface area contributed by atoms with Gasteiger partial charge in [-0.05, 0) is 35.0 Å². The zero-order valence-corrected chi connectivity index (χ0v) is 9.15. The minimum atomic E-state index is -0.105. The van der Waals surface area contributed by atoms with Crippen molar-refractivity contribution in [1.29, 1.82) is 0 Å². The molecule has 0 fully saturated rings. The second-order valence-electron chi connectivity index (χ2n) is 2.50. The van der Waals surface area contributed by atoms with Crippen molar-refractivity contribution in [2.24, 2.45) is 0 Å². The van der Waals surface area contributed by atoms with E-state index in [0.29, 0.717) is 26.9 Å². The molecule has 0 aliphatic heterocycles. The normalized spacial score (nSPS) is 9.77. The first kappa shape index (κ1) is 10.4. The van der Waals surface area contributed by atoms with Gasteiger partial charge in [0.25, 0.3) is 0 Å². The van der Waals surface area contributed by atoms with Crippen LogP contribution in [0, 0.1) is 0 Å². The molecule has 0 atom stereocenters. The third-order valence-electron chi connectivity index (χ3n) is 1.62. The van der Waals surface area contributed by atoms with Gasteiger partial charge in [0.05, 0.1) is 5.02 Å². The molecule has 4 heteroatoms. The lowest BCUT2D eigenvalue weighted by atomic mass is 10.1. The summed E-state index contributed by atoms with van der Waals surface area (Å²) in [5.41, 5.74) is 0.779. The summed E-state index contributed by atoms with van der Waals surface area (Å²) < 4.78 is 0.461. The van der Waals surface area contributed by atoms with Gasteiger partial charge in [0, 0.05) is 15.6 Å². The van der Waals surface area contributed by atoms with Gasteiger partial charge < -0.3 is 0 Å². The summed E-state index contributed by atoms with van der Waals surface area (Å²) in [7, 11) is 0. The van der Waals surface area contributed by atoms with Gasteiger partial charge in [-0.25, -0.2) is 0 Å². The zero-order chi connectivity index (χ0) is 10.0. The number of Topliss-reactive ketones (excluding diaryl/α,β-unsaturated/α-hetero) is 1. The second kappa shape index (κ2) is 4.03. The molecule has 1 rings (SSSR count). The fraction of sp³-hybridized carbons (Fsp3) is 0.111. The predicted octanol–water partition coefficient (Wildman–Crippen LogP) is 3.12.